The summed E-state index contributed by atoms with van der Waals surface area (Å²) in [7, 11) is 0. The van der Waals surface area contributed by atoms with Crippen LogP contribution in [-0.2, 0) is 6.54 Å². The summed E-state index contributed by atoms with van der Waals surface area (Å²) in [4.78, 5) is 11.4. The fourth-order valence-electron chi connectivity index (χ4n) is 4.12. The molecule has 0 N–H and O–H groups in total. The van der Waals surface area contributed by atoms with Crippen molar-refractivity contribution in [3.63, 3.8) is 0 Å². The maximum atomic E-state index is 5.59. The highest BCUT2D eigenvalue weighted by Gasteiger charge is 2.43. The molecular formula is C22H24N4O. The van der Waals surface area contributed by atoms with Gasteiger partial charge < -0.3 is 4.52 Å². The van der Waals surface area contributed by atoms with Crippen molar-refractivity contribution in [2.75, 3.05) is 13.1 Å². The zero-order valence-electron chi connectivity index (χ0n) is 15.4. The first-order chi connectivity index (χ1) is 13.4. The number of nitrogens with zero attached hydrogens (tertiary/aromatic N) is 4. The summed E-state index contributed by atoms with van der Waals surface area (Å²) in [5, 5.41) is 4.25. The van der Waals surface area contributed by atoms with Crippen molar-refractivity contribution in [2.45, 2.75) is 44.1 Å². The molecule has 1 aromatic carbocycles. The smallest absolute Gasteiger partial charge is 0.230 e. The minimum atomic E-state index is 0.326. The molecule has 1 saturated heterocycles. The van der Waals surface area contributed by atoms with E-state index in [9.17, 15) is 0 Å². The van der Waals surface area contributed by atoms with Crippen LogP contribution in [0.2, 0.25) is 0 Å². The van der Waals surface area contributed by atoms with Crippen LogP contribution >= 0.6 is 0 Å². The van der Waals surface area contributed by atoms with E-state index >= 15 is 0 Å². The number of likely N-dealkylation sites (tertiary alicyclic amines) is 1. The van der Waals surface area contributed by atoms with Gasteiger partial charge in [0.15, 0.2) is 0 Å². The minimum Gasteiger partial charge on any atom is -0.339 e. The van der Waals surface area contributed by atoms with Gasteiger partial charge >= 0.3 is 0 Å². The van der Waals surface area contributed by atoms with Crippen molar-refractivity contribution in [3.8, 4) is 11.4 Å². The summed E-state index contributed by atoms with van der Waals surface area (Å²) >= 11 is 0. The van der Waals surface area contributed by atoms with E-state index in [-0.39, 0.29) is 0 Å². The predicted molar refractivity (Wildman–Crippen MR) is 103 cm³/mol. The number of hydrogen-bond donors (Lipinski definition) is 0. The van der Waals surface area contributed by atoms with Crippen LogP contribution in [-0.4, -0.2) is 33.1 Å². The van der Waals surface area contributed by atoms with Gasteiger partial charge in [-0.05, 0) is 61.5 Å². The molecule has 27 heavy (non-hydrogen) atoms. The normalized spacial score (nSPS) is 22.7. The SMILES string of the molecule is c1cc(CN2CCCCC2)cc(-c2noc([C@@H]3C[C@@H]3c3cccnc3)n2)c1. The Labute approximate surface area is 159 Å². The van der Waals surface area contributed by atoms with Gasteiger partial charge in [0.1, 0.15) is 0 Å². The fourth-order valence-corrected chi connectivity index (χ4v) is 4.12. The summed E-state index contributed by atoms with van der Waals surface area (Å²) in [6, 6.07) is 12.7. The highest BCUT2D eigenvalue weighted by molar-refractivity contribution is 5.55. The van der Waals surface area contributed by atoms with Crippen molar-refractivity contribution in [1.29, 1.82) is 0 Å². The topological polar surface area (TPSA) is 55.1 Å². The maximum Gasteiger partial charge on any atom is 0.230 e. The molecule has 5 rings (SSSR count). The van der Waals surface area contributed by atoms with Gasteiger partial charge in [-0.15, -0.1) is 0 Å². The van der Waals surface area contributed by atoms with E-state index < -0.39 is 0 Å². The lowest BCUT2D eigenvalue weighted by atomic mass is 10.1. The molecule has 5 nitrogen and oxygen atoms in total. The van der Waals surface area contributed by atoms with Gasteiger partial charge in [-0.2, -0.15) is 4.98 Å². The van der Waals surface area contributed by atoms with Gasteiger partial charge in [0.05, 0.1) is 0 Å². The van der Waals surface area contributed by atoms with Crippen LogP contribution in [0.25, 0.3) is 11.4 Å². The van der Waals surface area contributed by atoms with E-state index in [0.29, 0.717) is 17.7 Å². The fraction of sp³-hybridized carbons (Fsp3) is 0.409. The molecule has 5 heteroatoms. The molecule has 0 amide bonds. The number of rotatable bonds is 5. The van der Waals surface area contributed by atoms with E-state index in [1.165, 1.54) is 43.5 Å². The quantitative estimate of drug-likeness (QED) is 0.675. The Kier molecular flexibility index (Phi) is 4.46. The Bertz CT molecular complexity index is 901. The second kappa shape index (κ2) is 7.24. The van der Waals surface area contributed by atoms with Crippen LogP contribution in [0.5, 0.6) is 0 Å². The third-order valence-corrected chi connectivity index (χ3v) is 5.70. The van der Waals surface area contributed by atoms with Crippen LogP contribution in [0.1, 0.15) is 54.5 Å². The predicted octanol–water partition coefficient (Wildman–Crippen LogP) is 4.39. The Morgan fingerprint density at radius 2 is 1.96 bits per heavy atom. The molecule has 3 heterocycles. The average molecular weight is 360 g/mol. The van der Waals surface area contributed by atoms with Crippen molar-refractivity contribution >= 4 is 0 Å². The molecule has 0 spiro atoms. The van der Waals surface area contributed by atoms with Gasteiger partial charge in [-0.25, -0.2) is 0 Å². The molecule has 2 aromatic heterocycles. The van der Waals surface area contributed by atoms with Crippen molar-refractivity contribution in [1.82, 2.24) is 20.0 Å². The van der Waals surface area contributed by atoms with Gasteiger partial charge in [-0.1, -0.05) is 35.8 Å². The van der Waals surface area contributed by atoms with Gasteiger partial charge in [0.2, 0.25) is 11.7 Å². The van der Waals surface area contributed by atoms with E-state index in [1.807, 2.05) is 18.5 Å². The number of benzene rings is 1. The zero-order chi connectivity index (χ0) is 18.1. The standard InChI is InChI=1S/C22H24N4O/c1-2-10-26(11-3-1)15-16-6-4-7-17(12-16)21-24-22(27-25-21)20-13-19(20)18-8-5-9-23-14-18/h4-9,12,14,19-20H,1-3,10-11,13,15H2/t19-,20-/m1/s1. The summed E-state index contributed by atoms with van der Waals surface area (Å²) in [6.45, 7) is 3.41. The molecule has 0 unspecified atom stereocenters. The Morgan fingerprint density at radius 1 is 1.04 bits per heavy atom. The monoisotopic (exact) mass is 360 g/mol. The van der Waals surface area contributed by atoms with Crippen LogP contribution in [0.4, 0.5) is 0 Å². The summed E-state index contributed by atoms with van der Waals surface area (Å²) in [6.07, 6.45) is 8.79. The highest BCUT2D eigenvalue weighted by Crippen LogP contribution is 2.54. The highest BCUT2D eigenvalue weighted by atomic mass is 16.5. The zero-order valence-corrected chi connectivity index (χ0v) is 15.4. The van der Waals surface area contributed by atoms with Crippen LogP contribution < -0.4 is 0 Å². The lowest BCUT2D eigenvalue weighted by Crippen LogP contribution is -2.29. The molecule has 2 aliphatic rings. The number of hydrogen-bond acceptors (Lipinski definition) is 5. The van der Waals surface area contributed by atoms with E-state index in [4.69, 9.17) is 9.51 Å². The van der Waals surface area contributed by atoms with Crippen LogP contribution in [0, 0.1) is 0 Å². The largest absolute Gasteiger partial charge is 0.339 e. The maximum absolute atomic E-state index is 5.59. The second-order valence-electron chi connectivity index (χ2n) is 7.73. The molecular weight excluding hydrogens is 336 g/mol. The molecule has 2 fully saturated rings. The first-order valence-electron chi connectivity index (χ1n) is 9.92. The minimum absolute atomic E-state index is 0.326. The van der Waals surface area contributed by atoms with Gasteiger partial charge in [-0.3, -0.25) is 9.88 Å². The number of piperidine rings is 1. The van der Waals surface area contributed by atoms with Crippen LogP contribution in [0.15, 0.2) is 53.3 Å². The summed E-state index contributed by atoms with van der Waals surface area (Å²) in [5.74, 6) is 2.23. The number of aromatic nitrogens is 3. The summed E-state index contributed by atoms with van der Waals surface area (Å²) in [5.41, 5.74) is 3.62. The molecule has 0 bridgehead atoms. The lowest BCUT2D eigenvalue weighted by molar-refractivity contribution is 0.221. The molecule has 138 valence electrons. The average Bonchev–Trinajstić information content (AvgIpc) is 3.38. The van der Waals surface area contributed by atoms with Crippen molar-refractivity contribution in [3.05, 3.63) is 65.8 Å². The van der Waals surface area contributed by atoms with E-state index in [1.54, 1.807) is 0 Å². The van der Waals surface area contributed by atoms with Crippen LogP contribution in [0.3, 0.4) is 0 Å². The van der Waals surface area contributed by atoms with Crippen molar-refractivity contribution in [2.24, 2.45) is 0 Å². The second-order valence-corrected chi connectivity index (χ2v) is 7.73. The van der Waals surface area contributed by atoms with Crippen molar-refractivity contribution < 1.29 is 4.52 Å². The molecule has 1 aliphatic heterocycles. The first kappa shape index (κ1) is 16.6. The Balaban J connectivity index is 1.29. The Morgan fingerprint density at radius 3 is 2.81 bits per heavy atom. The van der Waals surface area contributed by atoms with Gasteiger partial charge in [0.25, 0.3) is 0 Å². The van der Waals surface area contributed by atoms with Gasteiger partial charge in [0, 0.05) is 30.4 Å². The Hall–Kier alpha value is -2.53. The third-order valence-electron chi connectivity index (χ3n) is 5.70. The van der Waals surface area contributed by atoms with E-state index in [2.05, 4.69) is 45.4 Å². The molecule has 0 radical (unpaired) electrons. The molecule has 3 aromatic rings. The lowest BCUT2D eigenvalue weighted by Gasteiger charge is -2.26. The third kappa shape index (κ3) is 3.65. The number of pyridine rings is 1. The first-order valence-corrected chi connectivity index (χ1v) is 9.92. The molecule has 2 atom stereocenters. The molecule has 1 saturated carbocycles. The summed E-state index contributed by atoms with van der Waals surface area (Å²) < 4.78 is 5.59. The molecule has 1 aliphatic carbocycles. The van der Waals surface area contributed by atoms with E-state index in [0.717, 1.165) is 24.4 Å².